The highest BCUT2D eigenvalue weighted by atomic mass is 16.2. The fourth-order valence-corrected chi connectivity index (χ4v) is 2.14. The van der Waals surface area contributed by atoms with Gasteiger partial charge in [-0.25, -0.2) is 10.4 Å². The lowest BCUT2D eigenvalue weighted by Crippen LogP contribution is -2.45. The van der Waals surface area contributed by atoms with Crippen LogP contribution in [0.5, 0.6) is 0 Å². The molecule has 1 amide bonds. The predicted octanol–water partition coefficient (Wildman–Crippen LogP) is 1.92. The lowest BCUT2D eigenvalue weighted by molar-refractivity contribution is -0.116. The summed E-state index contributed by atoms with van der Waals surface area (Å²) in [7, 11) is 0. The Hall–Kier alpha value is -1.39. The zero-order valence-corrected chi connectivity index (χ0v) is 10.9. The Morgan fingerprint density at radius 1 is 1.22 bits per heavy atom. The highest BCUT2D eigenvalue weighted by Gasteiger charge is 2.11. The van der Waals surface area contributed by atoms with Crippen LogP contribution in [0.25, 0.3) is 0 Å². The van der Waals surface area contributed by atoms with Crippen LogP contribution in [0, 0.1) is 6.92 Å². The Kier molecular flexibility index (Phi) is 4.73. The number of hydrogen-bond donors (Lipinski definition) is 2. The van der Waals surface area contributed by atoms with Crippen LogP contribution < -0.4 is 10.7 Å². The highest BCUT2D eigenvalue weighted by Crippen LogP contribution is 2.12. The maximum atomic E-state index is 11.8. The minimum Gasteiger partial charge on any atom is -0.325 e. The van der Waals surface area contributed by atoms with Crippen molar-refractivity contribution in [3.05, 3.63) is 29.8 Å². The topological polar surface area (TPSA) is 44.4 Å². The summed E-state index contributed by atoms with van der Waals surface area (Å²) in [6.45, 7) is 4.41. The quantitative estimate of drug-likeness (QED) is 0.854. The second-order valence-electron chi connectivity index (χ2n) is 4.75. The zero-order chi connectivity index (χ0) is 12.8. The molecule has 1 heterocycles. The van der Waals surface area contributed by atoms with Crippen molar-refractivity contribution in [2.24, 2.45) is 0 Å². The molecule has 1 saturated heterocycles. The Morgan fingerprint density at radius 3 is 2.67 bits per heavy atom. The molecule has 0 atom stereocenters. The van der Waals surface area contributed by atoms with Crippen LogP contribution in [-0.4, -0.2) is 30.6 Å². The number of nitrogens with zero attached hydrogens (tertiary/aromatic N) is 1. The molecule has 0 bridgehead atoms. The molecule has 1 fully saturated rings. The van der Waals surface area contributed by atoms with Gasteiger partial charge in [-0.2, -0.15) is 0 Å². The van der Waals surface area contributed by atoms with Gasteiger partial charge >= 0.3 is 0 Å². The molecule has 1 aromatic carbocycles. The largest absolute Gasteiger partial charge is 0.325 e. The van der Waals surface area contributed by atoms with Gasteiger partial charge in [0.15, 0.2) is 0 Å². The number of piperidine rings is 1. The number of para-hydroxylation sites is 1. The molecule has 4 nitrogen and oxygen atoms in total. The third kappa shape index (κ3) is 3.82. The van der Waals surface area contributed by atoms with Gasteiger partial charge in [0.1, 0.15) is 0 Å². The van der Waals surface area contributed by atoms with E-state index in [0.717, 1.165) is 24.3 Å². The van der Waals surface area contributed by atoms with E-state index in [9.17, 15) is 4.79 Å². The lowest BCUT2D eigenvalue weighted by atomic mass is 10.2. The van der Waals surface area contributed by atoms with Gasteiger partial charge < -0.3 is 5.32 Å². The molecule has 0 saturated carbocycles. The number of hydrazine groups is 1. The van der Waals surface area contributed by atoms with Gasteiger partial charge in [-0.15, -0.1) is 0 Å². The number of carbonyl (C=O) groups is 1. The van der Waals surface area contributed by atoms with Crippen LogP contribution >= 0.6 is 0 Å². The minimum atomic E-state index is 0.00914. The second kappa shape index (κ2) is 6.52. The summed E-state index contributed by atoms with van der Waals surface area (Å²) in [5.74, 6) is 0.00914. The molecule has 18 heavy (non-hydrogen) atoms. The van der Waals surface area contributed by atoms with Crippen molar-refractivity contribution in [2.45, 2.75) is 26.2 Å². The maximum absolute atomic E-state index is 11.8. The molecule has 2 N–H and O–H groups in total. The van der Waals surface area contributed by atoms with E-state index in [0.29, 0.717) is 6.54 Å². The first-order valence-corrected chi connectivity index (χ1v) is 6.59. The summed E-state index contributed by atoms with van der Waals surface area (Å²) in [5, 5.41) is 5.06. The van der Waals surface area contributed by atoms with Crippen molar-refractivity contribution in [1.29, 1.82) is 0 Å². The number of rotatable bonds is 4. The Labute approximate surface area is 108 Å². The number of benzene rings is 1. The third-order valence-electron chi connectivity index (χ3n) is 3.24. The molecule has 98 valence electrons. The second-order valence-corrected chi connectivity index (χ2v) is 4.75. The Balaban J connectivity index is 1.76. The van der Waals surface area contributed by atoms with Gasteiger partial charge in [-0.05, 0) is 31.4 Å². The maximum Gasteiger partial charge on any atom is 0.239 e. The van der Waals surface area contributed by atoms with Gasteiger partial charge in [0.2, 0.25) is 5.91 Å². The third-order valence-corrected chi connectivity index (χ3v) is 3.24. The SMILES string of the molecule is Cc1ccccc1NC(=O)CNN1CCCCC1. The van der Waals surface area contributed by atoms with E-state index in [1.165, 1.54) is 19.3 Å². The van der Waals surface area contributed by atoms with E-state index in [2.05, 4.69) is 15.8 Å². The molecule has 2 rings (SSSR count). The van der Waals surface area contributed by atoms with Crippen LogP contribution in [0.4, 0.5) is 5.69 Å². The summed E-state index contributed by atoms with van der Waals surface area (Å²) < 4.78 is 0. The monoisotopic (exact) mass is 247 g/mol. The molecule has 0 spiro atoms. The van der Waals surface area contributed by atoms with E-state index >= 15 is 0 Å². The minimum absolute atomic E-state index is 0.00914. The van der Waals surface area contributed by atoms with E-state index in [-0.39, 0.29) is 5.91 Å². The molecular formula is C14H21N3O. The summed E-state index contributed by atoms with van der Waals surface area (Å²) in [5.41, 5.74) is 5.16. The van der Waals surface area contributed by atoms with E-state index < -0.39 is 0 Å². The van der Waals surface area contributed by atoms with E-state index in [4.69, 9.17) is 0 Å². The molecule has 1 aromatic rings. The first-order valence-electron chi connectivity index (χ1n) is 6.59. The zero-order valence-electron chi connectivity index (χ0n) is 10.9. The van der Waals surface area contributed by atoms with Crippen LogP contribution in [0.3, 0.4) is 0 Å². The first kappa shape index (κ1) is 13.1. The first-order chi connectivity index (χ1) is 8.75. The van der Waals surface area contributed by atoms with Gasteiger partial charge in [-0.1, -0.05) is 24.6 Å². The van der Waals surface area contributed by atoms with Crippen molar-refractivity contribution in [1.82, 2.24) is 10.4 Å². The number of amides is 1. The van der Waals surface area contributed by atoms with Crippen molar-refractivity contribution in [3.63, 3.8) is 0 Å². The van der Waals surface area contributed by atoms with Gasteiger partial charge in [0.05, 0.1) is 6.54 Å². The van der Waals surface area contributed by atoms with Crippen LogP contribution in [-0.2, 0) is 4.79 Å². The molecule has 4 heteroatoms. The fourth-order valence-electron chi connectivity index (χ4n) is 2.14. The Morgan fingerprint density at radius 2 is 1.94 bits per heavy atom. The molecule has 0 aromatic heterocycles. The summed E-state index contributed by atoms with van der Waals surface area (Å²) in [6, 6.07) is 7.82. The Bertz CT molecular complexity index is 400. The smallest absolute Gasteiger partial charge is 0.239 e. The van der Waals surface area contributed by atoms with Crippen LogP contribution in [0.15, 0.2) is 24.3 Å². The number of aryl methyl sites for hydroxylation is 1. The molecule has 0 aliphatic carbocycles. The molecule has 1 aliphatic heterocycles. The van der Waals surface area contributed by atoms with Crippen molar-refractivity contribution in [3.8, 4) is 0 Å². The number of hydrogen-bond acceptors (Lipinski definition) is 3. The van der Waals surface area contributed by atoms with Crippen molar-refractivity contribution >= 4 is 11.6 Å². The molecule has 0 unspecified atom stereocenters. The van der Waals surface area contributed by atoms with Gasteiger partial charge in [0, 0.05) is 18.8 Å². The van der Waals surface area contributed by atoms with Gasteiger partial charge in [0.25, 0.3) is 0 Å². The predicted molar refractivity (Wildman–Crippen MR) is 73.2 cm³/mol. The van der Waals surface area contributed by atoms with Crippen molar-refractivity contribution < 1.29 is 4.79 Å². The number of anilines is 1. The standard InChI is InChI=1S/C14H21N3O/c1-12-7-3-4-8-13(12)16-14(18)11-15-17-9-5-2-6-10-17/h3-4,7-8,15H,2,5-6,9-11H2,1H3,(H,16,18). The van der Waals surface area contributed by atoms with Crippen molar-refractivity contribution in [2.75, 3.05) is 25.0 Å². The van der Waals surface area contributed by atoms with Gasteiger partial charge in [-0.3, -0.25) is 4.79 Å². The normalized spacial score (nSPS) is 16.5. The number of nitrogens with one attached hydrogen (secondary N) is 2. The van der Waals surface area contributed by atoms with Crippen LogP contribution in [0.1, 0.15) is 24.8 Å². The number of carbonyl (C=O) groups excluding carboxylic acids is 1. The average Bonchev–Trinajstić information content (AvgIpc) is 2.40. The average molecular weight is 247 g/mol. The summed E-state index contributed by atoms with van der Waals surface area (Å²) in [4.78, 5) is 11.8. The highest BCUT2D eigenvalue weighted by molar-refractivity contribution is 5.92. The van der Waals surface area contributed by atoms with E-state index in [1.807, 2.05) is 31.2 Å². The lowest BCUT2D eigenvalue weighted by Gasteiger charge is -2.26. The van der Waals surface area contributed by atoms with E-state index in [1.54, 1.807) is 0 Å². The molecular weight excluding hydrogens is 226 g/mol. The fraction of sp³-hybridized carbons (Fsp3) is 0.500. The molecule has 0 radical (unpaired) electrons. The summed E-state index contributed by atoms with van der Waals surface area (Å²) >= 11 is 0. The summed E-state index contributed by atoms with van der Waals surface area (Å²) in [6.07, 6.45) is 3.73. The molecule has 1 aliphatic rings. The van der Waals surface area contributed by atoms with Crippen LogP contribution in [0.2, 0.25) is 0 Å².